The van der Waals surface area contributed by atoms with E-state index in [4.69, 9.17) is 0 Å². The predicted molar refractivity (Wildman–Crippen MR) is 83.4 cm³/mol. The summed E-state index contributed by atoms with van der Waals surface area (Å²) < 4.78 is 0. The van der Waals surface area contributed by atoms with Crippen molar-refractivity contribution in [3.05, 3.63) is 4.91 Å². The van der Waals surface area contributed by atoms with Crippen LogP contribution in [0.3, 0.4) is 0 Å². The van der Waals surface area contributed by atoms with Gasteiger partial charge in [0.15, 0.2) is 0 Å². The van der Waals surface area contributed by atoms with Gasteiger partial charge < -0.3 is 10.4 Å². The van der Waals surface area contributed by atoms with E-state index in [0.717, 1.165) is 19.3 Å². The molecule has 0 spiro atoms. The summed E-state index contributed by atoms with van der Waals surface area (Å²) >= 11 is 0. The van der Waals surface area contributed by atoms with Crippen LogP contribution in [0.25, 0.3) is 0 Å². The normalized spacial score (nSPS) is 25.9. The third-order valence-corrected chi connectivity index (χ3v) is 4.61. The van der Waals surface area contributed by atoms with E-state index in [2.05, 4.69) is 29.7 Å². The molecule has 1 fully saturated rings. The number of nitrogens with one attached hydrogen (secondary N) is 2. The maximum atomic E-state index is 11.5. The van der Waals surface area contributed by atoms with Crippen LogP contribution in [-0.2, 0) is 9.59 Å². The topological polar surface area (TPSA) is 108 Å². The number of carboxylic acids is 1. The highest BCUT2D eigenvalue weighted by molar-refractivity contribution is 5.74. The Morgan fingerprint density at radius 3 is 2.45 bits per heavy atom. The van der Waals surface area contributed by atoms with Gasteiger partial charge in [0.2, 0.25) is 5.91 Å². The lowest BCUT2D eigenvalue weighted by atomic mass is 9.86. The fraction of sp³-hybridized carbons (Fsp3) is 0.867. The van der Waals surface area contributed by atoms with Crippen molar-refractivity contribution in [3.63, 3.8) is 0 Å². The first-order valence-electron chi connectivity index (χ1n) is 7.97. The largest absolute Gasteiger partial charge is 0.480 e. The van der Waals surface area contributed by atoms with Crippen LogP contribution in [0.2, 0.25) is 0 Å². The number of nitrogens with zero attached hydrogens (tertiary/aromatic N) is 1. The zero-order chi connectivity index (χ0) is 16.7. The van der Waals surface area contributed by atoms with E-state index in [-0.39, 0.29) is 30.5 Å². The zero-order valence-electron chi connectivity index (χ0n) is 13.5. The van der Waals surface area contributed by atoms with Crippen LogP contribution >= 0.6 is 0 Å². The van der Waals surface area contributed by atoms with Crippen molar-refractivity contribution in [2.24, 2.45) is 17.0 Å². The van der Waals surface area contributed by atoms with Gasteiger partial charge in [-0.1, -0.05) is 31.9 Å². The standard InChI is InChI=1S/C15H27N3O4/c1-4-10(5-2)6-12(17-9(3)19)14-11(8-16-22)7-13(18-14)15(20)21/h10-14,18H,4-8H2,1-3H3,(H,17,19)(H,20,21)/t11-,12-,13+,14+/m0/s1. The first-order valence-corrected chi connectivity index (χ1v) is 7.97. The zero-order valence-corrected chi connectivity index (χ0v) is 13.5. The number of aliphatic carboxylic acids is 1. The second-order valence-electron chi connectivity index (χ2n) is 6.12. The summed E-state index contributed by atoms with van der Waals surface area (Å²) in [5, 5.41) is 18.1. The lowest BCUT2D eigenvalue weighted by molar-refractivity contribution is -0.139. The minimum Gasteiger partial charge on any atom is -0.480 e. The molecule has 0 radical (unpaired) electrons. The third-order valence-electron chi connectivity index (χ3n) is 4.61. The maximum absolute atomic E-state index is 11.5. The number of amides is 1. The molecule has 1 aliphatic heterocycles. The van der Waals surface area contributed by atoms with Gasteiger partial charge in [-0.05, 0) is 18.8 Å². The summed E-state index contributed by atoms with van der Waals surface area (Å²) in [7, 11) is 0. The third kappa shape index (κ3) is 5.05. The minimum absolute atomic E-state index is 0.0699. The number of carbonyl (C=O) groups excluding carboxylic acids is 1. The molecule has 0 aliphatic carbocycles. The lowest BCUT2D eigenvalue weighted by Gasteiger charge is -2.31. The fourth-order valence-corrected chi connectivity index (χ4v) is 3.32. The molecule has 3 N–H and O–H groups in total. The molecule has 0 aromatic rings. The van der Waals surface area contributed by atoms with Gasteiger partial charge in [0.05, 0.1) is 6.54 Å². The number of carbonyl (C=O) groups is 2. The van der Waals surface area contributed by atoms with Crippen molar-refractivity contribution in [2.75, 3.05) is 6.54 Å². The Morgan fingerprint density at radius 1 is 1.36 bits per heavy atom. The summed E-state index contributed by atoms with van der Waals surface area (Å²) in [6, 6.07) is -1.10. The first kappa shape index (κ1) is 18.5. The Hall–Kier alpha value is -1.50. The number of hydrogen-bond donors (Lipinski definition) is 3. The average molecular weight is 313 g/mol. The minimum atomic E-state index is -0.928. The molecule has 1 saturated heterocycles. The van der Waals surface area contributed by atoms with Gasteiger partial charge in [0, 0.05) is 24.9 Å². The van der Waals surface area contributed by atoms with Crippen LogP contribution in [0, 0.1) is 16.7 Å². The van der Waals surface area contributed by atoms with Crippen LogP contribution in [0.1, 0.15) is 46.5 Å². The predicted octanol–water partition coefficient (Wildman–Crippen LogP) is 1.52. The number of carboxylic acid groups (broad SMARTS) is 1. The van der Waals surface area contributed by atoms with Crippen molar-refractivity contribution >= 4 is 11.9 Å². The van der Waals surface area contributed by atoms with E-state index in [1.807, 2.05) is 0 Å². The van der Waals surface area contributed by atoms with E-state index in [9.17, 15) is 19.6 Å². The van der Waals surface area contributed by atoms with E-state index >= 15 is 0 Å². The van der Waals surface area contributed by atoms with Gasteiger partial charge in [-0.3, -0.25) is 14.9 Å². The van der Waals surface area contributed by atoms with Crippen LogP contribution in [0.15, 0.2) is 5.18 Å². The molecule has 0 aromatic heterocycles. The smallest absolute Gasteiger partial charge is 0.320 e. The number of rotatable bonds is 9. The molecule has 1 heterocycles. The van der Waals surface area contributed by atoms with Crippen molar-refractivity contribution in [2.45, 2.75) is 64.6 Å². The van der Waals surface area contributed by atoms with Crippen LogP contribution in [-0.4, -0.2) is 41.7 Å². The summed E-state index contributed by atoms with van der Waals surface area (Å²) in [5.41, 5.74) is 0. The summed E-state index contributed by atoms with van der Waals surface area (Å²) in [5.74, 6) is -0.783. The van der Waals surface area contributed by atoms with E-state index in [1.54, 1.807) is 0 Å². The van der Waals surface area contributed by atoms with Crippen LogP contribution < -0.4 is 10.6 Å². The molecule has 126 valence electrons. The van der Waals surface area contributed by atoms with Gasteiger partial charge >= 0.3 is 5.97 Å². The summed E-state index contributed by atoms with van der Waals surface area (Å²) in [6.07, 6.45) is 3.13. The van der Waals surface area contributed by atoms with Crippen molar-refractivity contribution in [1.82, 2.24) is 10.6 Å². The summed E-state index contributed by atoms with van der Waals surface area (Å²) in [4.78, 5) is 33.4. The molecule has 0 unspecified atom stereocenters. The molecule has 1 aliphatic rings. The van der Waals surface area contributed by atoms with E-state index < -0.39 is 12.0 Å². The molecule has 7 nitrogen and oxygen atoms in total. The first-order chi connectivity index (χ1) is 10.4. The molecular weight excluding hydrogens is 286 g/mol. The molecule has 22 heavy (non-hydrogen) atoms. The second-order valence-corrected chi connectivity index (χ2v) is 6.12. The molecule has 1 amide bonds. The van der Waals surface area contributed by atoms with Gasteiger partial charge in [-0.2, -0.15) is 4.91 Å². The van der Waals surface area contributed by atoms with Crippen LogP contribution in [0.4, 0.5) is 0 Å². The Morgan fingerprint density at radius 2 is 2.00 bits per heavy atom. The molecule has 0 aromatic carbocycles. The highest BCUT2D eigenvalue weighted by atomic mass is 16.4. The van der Waals surface area contributed by atoms with Gasteiger partial charge in [-0.15, -0.1) is 0 Å². The molecular formula is C15H27N3O4. The summed E-state index contributed by atoms with van der Waals surface area (Å²) in [6.45, 7) is 5.73. The highest BCUT2D eigenvalue weighted by Crippen LogP contribution is 2.28. The van der Waals surface area contributed by atoms with Crippen molar-refractivity contribution in [3.8, 4) is 0 Å². The van der Waals surface area contributed by atoms with Crippen LogP contribution in [0.5, 0.6) is 0 Å². The molecule has 0 bridgehead atoms. The lowest BCUT2D eigenvalue weighted by Crippen LogP contribution is -2.52. The van der Waals surface area contributed by atoms with Crippen molar-refractivity contribution < 1.29 is 14.7 Å². The monoisotopic (exact) mass is 313 g/mol. The van der Waals surface area contributed by atoms with Gasteiger partial charge in [0.1, 0.15) is 6.04 Å². The number of nitroso groups, excluding NO2 is 1. The SMILES string of the molecule is CCC(CC)C[C@H](NC(C)=O)[C@@H]1N[C@@H](C(=O)O)C[C@H]1CN=O. The Kier molecular flexibility index (Phi) is 7.44. The van der Waals surface area contributed by atoms with Crippen molar-refractivity contribution in [1.29, 1.82) is 0 Å². The molecule has 1 rings (SSSR count). The van der Waals surface area contributed by atoms with E-state index in [1.165, 1.54) is 6.92 Å². The molecule has 4 atom stereocenters. The average Bonchev–Trinajstić information content (AvgIpc) is 2.87. The highest BCUT2D eigenvalue weighted by Gasteiger charge is 2.42. The second kappa shape index (κ2) is 8.82. The fourth-order valence-electron chi connectivity index (χ4n) is 3.32. The van der Waals surface area contributed by atoms with Gasteiger partial charge in [0.25, 0.3) is 0 Å². The van der Waals surface area contributed by atoms with E-state index in [0.29, 0.717) is 12.3 Å². The Labute approximate surface area is 131 Å². The maximum Gasteiger partial charge on any atom is 0.320 e. The number of hydrogen-bond acceptors (Lipinski definition) is 5. The Balaban J connectivity index is 2.90. The van der Waals surface area contributed by atoms with Gasteiger partial charge in [-0.25, -0.2) is 0 Å². The quantitative estimate of drug-likeness (QED) is 0.559. The molecule has 0 saturated carbocycles. The molecule has 7 heteroatoms. The Bertz CT molecular complexity index is 398.